The van der Waals surface area contributed by atoms with Crippen molar-refractivity contribution in [2.24, 2.45) is 7.05 Å². The van der Waals surface area contributed by atoms with Crippen LogP contribution in [0.5, 0.6) is 0 Å². The highest BCUT2D eigenvalue weighted by Crippen LogP contribution is 2.21. The van der Waals surface area contributed by atoms with Crippen LogP contribution >= 0.6 is 0 Å². The lowest BCUT2D eigenvalue weighted by atomic mass is 10.1. The first-order chi connectivity index (χ1) is 9.49. The third-order valence-electron chi connectivity index (χ3n) is 2.96. The van der Waals surface area contributed by atoms with Gasteiger partial charge in [-0.2, -0.15) is 0 Å². The Morgan fingerprint density at radius 2 is 2.20 bits per heavy atom. The number of aromatic nitrogens is 3. The summed E-state index contributed by atoms with van der Waals surface area (Å²) in [4.78, 5) is 14.1. The largest absolute Gasteiger partial charge is 0.399 e. The minimum atomic E-state index is -0.191. The number of carbonyl (C=O) groups excluding carboxylic acids is 1. The first-order valence-electron chi connectivity index (χ1n) is 6.17. The Balaban J connectivity index is 2.16. The lowest BCUT2D eigenvalue weighted by molar-refractivity contribution is 0.0950. The predicted octanol–water partition coefficient (Wildman–Crippen LogP) is 0.393. The van der Waals surface area contributed by atoms with Gasteiger partial charge in [0, 0.05) is 32.5 Å². The summed E-state index contributed by atoms with van der Waals surface area (Å²) in [5, 5.41) is 10.5. The maximum atomic E-state index is 12.3. The zero-order valence-electron chi connectivity index (χ0n) is 11.8. The van der Waals surface area contributed by atoms with E-state index in [4.69, 9.17) is 5.73 Å². The molecule has 1 heterocycles. The molecule has 106 valence electrons. The molecule has 0 fully saturated rings. The van der Waals surface area contributed by atoms with Gasteiger partial charge in [-0.1, -0.05) is 0 Å². The van der Waals surface area contributed by atoms with Crippen molar-refractivity contribution >= 4 is 17.3 Å². The van der Waals surface area contributed by atoms with Crippen LogP contribution in [0.15, 0.2) is 24.5 Å². The molecule has 7 nitrogen and oxygen atoms in total. The molecule has 0 saturated carbocycles. The van der Waals surface area contributed by atoms with E-state index >= 15 is 0 Å². The van der Waals surface area contributed by atoms with Crippen molar-refractivity contribution in [2.45, 2.75) is 6.54 Å². The number of anilines is 2. The van der Waals surface area contributed by atoms with Gasteiger partial charge < -0.3 is 20.5 Å². The van der Waals surface area contributed by atoms with E-state index in [9.17, 15) is 4.79 Å². The summed E-state index contributed by atoms with van der Waals surface area (Å²) < 4.78 is 1.76. The van der Waals surface area contributed by atoms with Crippen LogP contribution in [0, 0.1) is 0 Å². The van der Waals surface area contributed by atoms with Crippen molar-refractivity contribution in [2.75, 3.05) is 24.7 Å². The first-order valence-corrected chi connectivity index (χ1v) is 6.17. The van der Waals surface area contributed by atoms with Crippen LogP contribution in [-0.2, 0) is 13.6 Å². The first kappa shape index (κ1) is 13.9. The molecular weight excluding hydrogens is 256 g/mol. The van der Waals surface area contributed by atoms with E-state index in [-0.39, 0.29) is 5.91 Å². The third kappa shape index (κ3) is 2.87. The molecule has 0 saturated heterocycles. The molecule has 3 N–H and O–H groups in total. The fraction of sp³-hybridized carbons (Fsp3) is 0.308. The van der Waals surface area contributed by atoms with Crippen LogP contribution in [0.4, 0.5) is 11.4 Å². The second-order valence-corrected chi connectivity index (χ2v) is 4.71. The highest BCUT2D eigenvalue weighted by atomic mass is 16.1. The van der Waals surface area contributed by atoms with Gasteiger partial charge >= 0.3 is 0 Å². The van der Waals surface area contributed by atoms with Crippen molar-refractivity contribution in [3.05, 3.63) is 35.9 Å². The molecule has 7 heteroatoms. The topological polar surface area (TPSA) is 89.1 Å². The van der Waals surface area contributed by atoms with E-state index in [2.05, 4.69) is 15.5 Å². The standard InChI is InChI=1S/C13H18N6O/c1-18(2)11-5-4-9(14)6-10(11)13(20)15-7-12-17-16-8-19(12)3/h4-6,8H,7,14H2,1-3H3,(H,15,20). The fourth-order valence-electron chi connectivity index (χ4n) is 1.85. The SMILES string of the molecule is CN(C)c1ccc(N)cc1C(=O)NCc1nncn1C. The lowest BCUT2D eigenvalue weighted by Gasteiger charge is -2.17. The van der Waals surface area contributed by atoms with E-state index in [1.807, 2.05) is 32.1 Å². The zero-order chi connectivity index (χ0) is 14.7. The number of nitrogens with two attached hydrogens (primary N) is 1. The number of nitrogen functional groups attached to an aromatic ring is 1. The summed E-state index contributed by atoms with van der Waals surface area (Å²) in [6.45, 7) is 0.316. The highest BCUT2D eigenvalue weighted by Gasteiger charge is 2.14. The Labute approximate surface area is 117 Å². The molecule has 0 bridgehead atoms. The van der Waals surface area contributed by atoms with Gasteiger partial charge in [-0.25, -0.2) is 0 Å². The molecule has 2 rings (SSSR count). The van der Waals surface area contributed by atoms with Gasteiger partial charge in [0.1, 0.15) is 6.33 Å². The normalized spacial score (nSPS) is 10.3. The number of amides is 1. The van der Waals surface area contributed by atoms with Crippen LogP contribution in [0.25, 0.3) is 0 Å². The number of aryl methyl sites for hydroxylation is 1. The number of nitrogens with one attached hydrogen (secondary N) is 1. The molecule has 0 aliphatic heterocycles. The van der Waals surface area contributed by atoms with Crippen LogP contribution < -0.4 is 16.0 Å². The molecule has 1 amide bonds. The second kappa shape index (κ2) is 5.60. The number of carbonyl (C=O) groups is 1. The number of benzene rings is 1. The van der Waals surface area contributed by atoms with Crippen molar-refractivity contribution in [3.63, 3.8) is 0 Å². The molecule has 0 spiro atoms. The Bertz CT molecular complexity index is 619. The Hall–Kier alpha value is -2.57. The number of hydrogen-bond donors (Lipinski definition) is 2. The number of hydrogen-bond acceptors (Lipinski definition) is 5. The number of nitrogens with zero attached hydrogens (tertiary/aromatic N) is 4. The van der Waals surface area contributed by atoms with Crippen LogP contribution in [0.3, 0.4) is 0 Å². The molecule has 0 radical (unpaired) electrons. The van der Waals surface area contributed by atoms with Crippen LogP contribution in [0.1, 0.15) is 16.2 Å². The average Bonchev–Trinajstić information content (AvgIpc) is 2.81. The minimum absolute atomic E-state index is 0.191. The van der Waals surface area contributed by atoms with E-state index in [0.717, 1.165) is 5.69 Å². The van der Waals surface area contributed by atoms with Gasteiger partial charge in [0.25, 0.3) is 5.91 Å². The summed E-state index contributed by atoms with van der Waals surface area (Å²) in [6.07, 6.45) is 1.59. The molecule has 0 atom stereocenters. The van der Waals surface area contributed by atoms with Gasteiger partial charge in [0.05, 0.1) is 12.1 Å². The van der Waals surface area contributed by atoms with E-state index < -0.39 is 0 Å². The summed E-state index contributed by atoms with van der Waals surface area (Å²) in [5.41, 5.74) is 7.66. The van der Waals surface area contributed by atoms with Gasteiger partial charge in [-0.3, -0.25) is 4.79 Å². The van der Waals surface area contributed by atoms with E-state index in [1.54, 1.807) is 23.0 Å². The summed E-state index contributed by atoms with van der Waals surface area (Å²) in [5.74, 6) is 0.498. The quantitative estimate of drug-likeness (QED) is 0.787. The molecule has 0 unspecified atom stereocenters. The molecule has 1 aromatic heterocycles. The van der Waals surface area contributed by atoms with Crippen molar-refractivity contribution in [3.8, 4) is 0 Å². The number of rotatable bonds is 4. The molecule has 20 heavy (non-hydrogen) atoms. The Kier molecular flexibility index (Phi) is 3.88. The highest BCUT2D eigenvalue weighted by molar-refractivity contribution is 6.00. The molecule has 1 aromatic carbocycles. The summed E-state index contributed by atoms with van der Waals surface area (Å²) in [6, 6.07) is 5.27. The monoisotopic (exact) mass is 274 g/mol. The van der Waals surface area contributed by atoms with Gasteiger partial charge in [0.15, 0.2) is 5.82 Å². The zero-order valence-corrected chi connectivity index (χ0v) is 11.8. The second-order valence-electron chi connectivity index (χ2n) is 4.71. The maximum absolute atomic E-state index is 12.3. The fourth-order valence-corrected chi connectivity index (χ4v) is 1.85. The van der Waals surface area contributed by atoms with E-state index in [1.165, 1.54) is 0 Å². The van der Waals surface area contributed by atoms with Gasteiger partial charge in [0.2, 0.25) is 0 Å². The predicted molar refractivity (Wildman–Crippen MR) is 77.4 cm³/mol. The van der Waals surface area contributed by atoms with Crippen molar-refractivity contribution in [1.82, 2.24) is 20.1 Å². The minimum Gasteiger partial charge on any atom is -0.399 e. The van der Waals surface area contributed by atoms with Gasteiger partial charge in [-0.05, 0) is 18.2 Å². The Morgan fingerprint density at radius 3 is 2.80 bits per heavy atom. The summed E-state index contributed by atoms with van der Waals surface area (Å²) >= 11 is 0. The summed E-state index contributed by atoms with van der Waals surface area (Å²) in [7, 11) is 5.59. The third-order valence-corrected chi connectivity index (χ3v) is 2.96. The van der Waals surface area contributed by atoms with Crippen LogP contribution in [0.2, 0.25) is 0 Å². The van der Waals surface area contributed by atoms with E-state index in [0.29, 0.717) is 23.6 Å². The van der Waals surface area contributed by atoms with Gasteiger partial charge in [-0.15, -0.1) is 10.2 Å². The molecular formula is C13H18N6O. The molecule has 2 aromatic rings. The van der Waals surface area contributed by atoms with Crippen molar-refractivity contribution < 1.29 is 4.79 Å². The molecule has 0 aliphatic rings. The lowest BCUT2D eigenvalue weighted by Crippen LogP contribution is -2.26. The Morgan fingerprint density at radius 1 is 1.45 bits per heavy atom. The van der Waals surface area contributed by atoms with Crippen molar-refractivity contribution in [1.29, 1.82) is 0 Å². The maximum Gasteiger partial charge on any atom is 0.253 e. The smallest absolute Gasteiger partial charge is 0.253 e. The van der Waals surface area contributed by atoms with Crippen LogP contribution in [-0.4, -0.2) is 34.8 Å². The average molecular weight is 274 g/mol. The molecule has 0 aliphatic carbocycles.